The van der Waals surface area contributed by atoms with Gasteiger partial charge in [-0.05, 0) is 42.3 Å². The normalized spacial score (nSPS) is 12.5. The predicted molar refractivity (Wildman–Crippen MR) is 126 cm³/mol. The lowest BCUT2D eigenvalue weighted by Crippen LogP contribution is -2.50. The van der Waals surface area contributed by atoms with Gasteiger partial charge in [-0.15, -0.1) is 0 Å². The summed E-state index contributed by atoms with van der Waals surface area (Å²) in [4.78, 5) is 22.8. The third kappa shape index (κ3) is 5.92. The van der Waals surface area contributed by atoms with E-state index in [9.17, 15) is 40.3 Å². The van der Waals surface area contributed by atoms with Crippen LogP contribution in [0.3, 0.4) is 0 Å². The van der Waals surface area contributed by atoms with E-state index in [0.717, 1.165) is 4.68 Å². The van der Waals surface area contributed by atoms with Crippen LogP contribution in [-0.2, 0) is 21.8 Å². The Kier molecular flexibility index (Phi) is 8.40. The van der Waals surface area contributed by atoms with E-state index in [1.807, 2.05) is 0 Å². The maximum Gasteiger partial charge on any atom is 0.435 e. The Bertz CT molecular complexity index is 1350. The number of hydrogen-bond donors (Lipinski definition) is 1. The van der Waals surface area contributed by atoms with Crippen LogP contribution in [0.15, 0.2) is 42.7 Å². The molecule has 5 nitrogen and oxygen atoms in total. The molecule has 2 aromatic carbocycles. The monoisotopic (exact) mass is 603 g/mol. The van der Waals surface area contributed by atoms with Crippen LogP contribution in [0.1, 0.15) is 24.5 Å². The van der Waals surface area contributed by atoms with Crippen molar-refractivity contribution >= 4 is 46.5 Å². The number of ketones is 1. The number of carbonyl (C=O) groups is 2. The Balaban J connectivity index is 1.96. The van der Waals surface area contributed by atoms with Crippen LogP contribution >= 0.6 is 34.8 Å². The molecule has 1 N–H and O–H groups in total. The summed E-state index contributed by atoms with van der Waals surface area (Å²) in [5.41, 5.74) is -6.44. The zero-order chi connectivity index (χ0) is 28.6. The fraction of sp³-hybridized carbons (Fsp3) is 0.261. The summed E-state index contributed by atoms with van der Waals surface area (Å²) in [5.74, 6) is -0.831. The highest BCUT2D eigenvalue weighted by Crippen LogP contribution is 2.54. The minimum atomic E-state index is -6.34. The molecular formula is C23H15Cl3F7N3O2. The second kappa shape index (κ2) is 10.7. The molecule has 3 aromatic rings. The van der Waals surface area contributed by atoms with Crippen molar-refractivity contribution in [1.82, 2.24) is 15.1 Å². The molecule has 15 heteroatoms. The summed E-state index contributed by atoms with van der Waals surface area (Å²) in [7, 11) is 0. The number of alkyl halides is 7. The quantitative estimate of drug-likeness (QED) is 0.226. The molecule has 1 aromatic heterocycles. The topological polar surface area (TPSA) is 64.0 Å². The predicted octanol–water partition coefficient (Wildman–Crippen LogP) is 7.38. The summed E-state index contributed by atoms with van der Waals surface area (Å²) in [6.45, 7) is 1.26. The average molecular weight is 605 g/mol. The Morgan fingerprint density at radius 1 is 0.895 bits per heavy atom. The van der Waals surface area contributed by atoms with E-state index < -0.39 is 39.5 Å². The number of nitrogens with zero attached hydrogens (tertiary/aromatic N) is 2. The highest BCUT2D eigenvalue weighted by molar-refractivity contribution is 6.38. The summed E-state index contributed by atoms with van der Waals surface area (Å²) >= 11 is 18.1. The van der Waals surface area contributed by atoms with Gasteiger partial charge in [-0.2, -0.15) is 31.4 Å². The van der Waals surface area contributed by atoms with Crippen LogP contribution in [0, 0.1) is 0 Å². The molecule has 3 rings (SSSR count). The Hall–Kier alpha value is -2.83. The van der Waals surface area contributed by atoms with Gasteiger partial charge in [0.05, 0.1) is 22.7 Å². The molecule has 0 spiro atoms. The van der Waals surface area contributed by atoms with E-state index in [2.05, 4.69) is 10.4 Å². The molecule has 1 heterocycles. The van der Waals surface area contributed by atoms with Crippen molar-refractivity contribution in [2.45, 2.75) is 37.9 Å². The number of halogens is 10. The zero-order valence-electron chi connectivity index (χ0n) is 18.9. The van der Waals surface area contributed by atoms with Crippen molar-refractivity contribution < 1.29 is 40.3 Å². The molecule has 1 amide bonds. The van der Waals surface area contributed by atoms with E-state index >= 15 is 0 Å². The molecule has 0 saturated carbocycles. The number of rotatable bonds is 7. The van der Waals surface area contributed by atoms with Gasteiger partial charge in [0.2, 0.25) is 5.91 Å². The molecule has 38 heavy (non-hydrogen) atoms. The highest BCUT2D eigenvalue weighted by atomic mass is 35.5. The average Bonchev–Trinajstić information content (AvgIpc) is 3.25. The molecule has 0 aliphatic rings. The van der Waals surface area contributed by atoms with Gasteiger partial charge in [-0.1, -0.05) is 40.9 Å². The first-order valence-electron chi connectivity index (χ1n) is 10.4. The number of Topliss-reactive ketones (excluding diaryl/α,β-unsaturated/α-hetero) is 1. The van der Waals surface area contributed by atoms with E-state index in [4.69, 9.17) is 34.8 Å². The first-order valence-corrected chi connectivity index (χ1v) is 11.5. The molecule has 0 bridgehead atoms. The summed E-state index contributed by atoms with van der Waals surface area (Å²) in [5, 5.41) is 5.41. The molecule has 0 aliphatic heterocycles. The van der Waals surface area contributed by atoms with Crippen LogP contribution in [0.5, 0.6) is 0 Å². The van der Waals surface area contributed by atoms with Gasteiger partial charge in [-0.3, -0.25) is 9.59 Å². The van der Waals surface area contributed by atoms with Crippen LogP contribution in [-0.4, -0.2) is 33.8 Å². The number of hydrogen-bond acceptors (Lipinski definition) is 3. The fourth-order valence-electron chi connectivity index (χ4n) is 3.44. The van der Waals surface area contributed by atoms with Gasteiger partial charge in [0.1, 0.15) is 11.5 Å². The lowest BCUT2D eigenvalue weighted by molar-refractivity contribution is -0.348. The first-order chi connectivity index (χ1) is 17.5. The zero-order valence-corrected chi connectivity index (χ0v) is 21.2. The molecule has 204 valence electrons. The Labute approximate surface area is 225 Å². The number of benzene rings is 2. The highest BCUT2D eigenvalue weighted by Gasteiger charge is 2.73. The largest absolute Gasteiger partial charge is 0.435 e. The second-order valence-electron chi connectivity index (χ2n) is 8.08. The van der Waals surface area contributed by atoms with E-state index in [0.29, 0.717) is 21.7 Å². The molecule has 0 radical (unpaired) electrons. The lowest BCUT2D eigenvalue weighted by Gasteiger charge is -2.30. The van der Waals surface area contributed by atoms with Crippen LogP contribution < -0.4 is 5.32 Å². The molecule has 0 atom stereocenters. The van der Waals surface area contributed by atoms with Gasteiger partial charge in [0, 0.05) is 28.9 Å². The van der Waals surface area contributed by atoms with Crippen LogP contribution in [0.25, 0.3) is 16.8 Å². The van der Waals surface area contributed by atoms with Crippen molar-refractivity contribution in [1.29, 1.82) is 0 Å². The fourth-order valence-corrected chi connectivity index (χ4v) is 4.28. The van der Waals surface area contributed by atoms with Crippen molar-refractivity contribution in [3.63, 3.8) is 0 Å². The maximum absolute atomic E-state index is 14.5. The van der Waals surface area contributed by atoms with Crippen molar-refractivity contribution in [2.24, 2.45) is 0 Å². The smallest absolute Gasteiger partial charge is 0.352 e. The van der Waals surface area contributed by atoms with Gasteiger partial charge in [-0.25, -0.2) is 9.07 Å². The number of amides is 1. The summed E-state index contributed by atoms with van der Waals surface area (Å²) < 4.78 is 94.3. The third-order valence-electron chi connectivity index (χ3n) is 5.27. The third-order valence-corrected chi connectivity index (χ3v) is 6.22. The molecule has 0 fully saturated rings. The molecule has 0 unspecified atom stereocenters. The SMILES string of the molecule is CC(=O)CC(=O)NCc1cc(-c2cnn(-c3c(Cl)cc(C(F)(C(F)(F)F)C(F)(F)F)cc3Cl)c2)ccc1Cl. The minimum Gasteiger partial charge on any atom is -0.352 e. The van der Waals surface area contributed by atoms with Gasteiger partial charge < -0.3 is 5.32 Å². The summed E-state index contributed by atoms with van der Waals surface area (Å²) in [6, 6.07) is 5.07. The Morgan fingerprint density at radius 3 is 2.00 bits per heavy atom. The minimum absolute atomic E-state index is 0.00453. The van der Waals surface area contributed by atoms with Gasteiger partial charge in [0.15, 0.2) is 0 Å². The van der Waals surface area contributed by atoms with Crippen LogP contribution in [0.2, 0.25) is 15.1 Å². The van der Waals surface area contributed by atoms with E-state index in [-0.39, 0.29) is 36.6 Å². The van der Waals surface area contributed by atoms with Gasteiger partial charge in [0.25, 0.3) is 0 Å². The van der Waals surface area contributed by atoms with E-state index in [1.165, 1.54) is 25.4 Å². The lowest BCUT2D eigenvalue weighted by atomic mass is 9.94. The first kappa shape index (κ1) is 29.7. The molecule has 0 aliphatic carbocycles. The number of carbonyl (C=O) groups excluding carboxylic acids is 2. The van der Waals surface area contributed by atoms with Gasteiger partial charge >= 0.3 is 18.0 Å². The van der Waals surface area contributed by atoms with Crippen molar-refractivity contribution in [2.75, 3.05) is 0 Å². The second-order valence-corrected chi connectivity index (χ2v) is 9.30. The van der Waals surface area contributed by atoms with Crippen LogP contribution in [0.4, 0.5) is 30.7 Å². The van der Waals surface area contributed by atoms with E-state index in [1.54, 1.807) is 12.1 Å². The number of nitrogens with one attached hydrogen (secondary N) is 1. The standard InChI is InChI=1S/C23H15Cl3F7N3O2/c1-11(37)4-19(38)34-8-13-5-12(2-3-16(13)24)14-9-35-36(10-14)20-17(25)6-15(7-18(20)26)21(27,22(28,29)30)23(31,32)33/h2-3,5-7,9-10H,4,8H2,1H3,(H,34,38). The van der Waals surface area contributed by atoms with Crippen molar-refractivity contribution in [3.8, 4) is 16.8 Å². The molecular weight excluding hydrogens is 590 g/mol. The summed E-state index contributed by atoms with van der Waals surface area (Å²) in [6.07, 6.45) is -10.4. The number of aromatic nitrogens is 2. The Morgan fingerprint density at radius 2 is 1.47 bits per heavy atom. The maximum atomic E-state index is 14.5. The molecule has 0 saturated heterocycles. The van der Waals surface area contributed by atoms with Crippen molar-refractivity contribution in [3.05, 3.63) is 68.9 Å².